The van der Waals surface area contributed by atoms with Gasteiger partial charge in [-0.2, -0.15) is 4.98 Å². The SMILES string of the molecule is CNC(CF)CCCc1cc(Cl)c(F)c(-c2cc3cn(-c4ccc(COCCCN=C(N)N)cc4)c(=O)nc3[nH]2)c1. The van der Waals surface area contributed by atoms with E-state index in [4.69, 9.17) is 27.8 Å². The van der Waals surface area contributed by atoms with Crippen LogP contribution in [0.2, 0.25) is 5.02 Å². The monoisotopic (exact) mass is 585 g/mol. The minimum absolute atomic E-state index is 0.00261. The van der Waals surface area contributed by atoms with Crippen LogP contribution in [0, 0.1) is 5.82 Å². The van der Waals surface area contributed by atoms with Gasteiger partial charge in [0.1, 0.15) is 12.3 Å². The van der Waals surface area contributed by atoms with E-state index in [-0.39, 0.29) is 22.6 Å². The zero-order valence-electron chi connectivity index (χ0n) is 22.8. The number of halogens is 3. The van der Waals surface area contributed by atoms with Gasteiger partial charge in [0.15, 0.2) is 11.8 Å². The number of alkyl halides is 1. The van der Waals surface area contributed by atoms with E-state index in [2.05, 4.69) is 20.3 Å². The van der Waals surface area contributed by atoms with Crippen LogP contribution in [-0.2, 0) is 17.8 Å². The van der Waals surface area contributed by atoms with Crippen molar-refractivity contribution in [2.45, 2.75) is 38.3 Å². The maximum atomic E-state index is 15.1. The van der Waals surface area contributed by atoms with Crippen LogP contribution >= 0.6 is 11.6 Å². The number of nitrogens with one attached hydrogen (secondary N) is 2. The summed E-state index contributed by atoms with van der Waals surface area (Å²) in [7, 11) is 1.73. The Morgan fingerprint density at radius 2 is 1.98 bits per heavy atom. The van der Waals surface area contributed by atoms with Crippen molar-refractivity contribution < 1.29 is 13.5 Å². The second-order valence-electron chi connectivity index (χ2n) is 9.73. The second kappa shape index (κ2) is 14.2. The van der Waals surface area contributed by atoms with Gasteiger partial charge in [0.25, 0.3) is 0 Å². The minimum Gasteiger partial charge on any atom is -0.377 e. The molecule has 0 saturated carbocycles. The number of H-pyrrole nitrogens is 1. The van der Waals surface area contributed by atoms with Gasteiger partial charge in [0.05, 0.1) is 23.0 Å². The van der Waals surface area contributed by atoms with E-state index in [1.54, 1.807) is 31.4 Å². The molecule has 12 heteroatoms. The Bertz CT molecular complexity index is 1550. The zero-order valence-corrected chi connectivity index (χ0v) is 23.6. The number of nitrogens with zero attached hydrogens (tertiary/aromatic N) is 3. The fourth-order valence-corrected chi connectivity index (χ4v) is 4.72. The molecule has 1 atom stereocenters. The van der Waals surface area contributed by atoms with Crippen molar-refractivity contribution in [2.24, 2.45) is 16.5 Å². The fraction of sp³-hybridized carbons (Fsp3) is 0.345. The summed E-state index contributed by atoms with van der Waals surface area (Å²) in [6.45, 7) is 0.981. The third kappa shape index (κ3) is 7.90. The van der Waals surface area contributed by atoms with Gasteiger partial charge < -0.3 is 26.5 Å². The number of fused-ring (bicyclic) bond motifs is 1. The molecule has 2 aromatic heterocycles. The van der Waals surface area contributed by atoms with Gasteiger partial charge >= 0.3 is 5.69 Å². The minimum atomic E-state index is -0.567. The quantitative estimate of drug-likeness (QED) is 0.0993. The van der Waals surface area contributed by atoms with Gasteiger partial charge in [0.2, 0.25) is 0 Å². The van der Waals surface area contributed by atoms with Crippen LogP contribution in [0.1, 0.15) is 30.4 Å². The molecule has 0 aliphatic heterocycles. The topological polar surface area (TPSA) is 136 Å². The molecule has 0 bridgehead atoms. The second-order valence-corrected chi connectivity index (χ2v) is 10.1. The summed E-state index contributed by atoms with van der Waals surface area (Å²) in [6, 6.07) is 12.2. The molecule has 0 aliphatic rings. The molecule has 2 aromatic carbocycles. The van der Waals surface area contributed by atoms with Crippen LogP contribution in [0.4, 0.5) is 8.78 Å². The molecule has 1 unspecified atom stereocenters. The molecule has 0 amide bonds. The Morgan fingerprint density at radius 1 is 1.20 bits per heavy atom. The van der Waals surface area contributed by atoms with Crippen LogP contribution in [0.15, 0.2) is 58.4 Å². The summed E-state index contributed by atoms with van der Waals surface area (Å²) in [5.41, 5.74) is 13.6. The average Bonchev–Trinajstić information content (AvgIpc) is 3.37. The largest absolute Gasteiger partial charge is 0.377 e. The molecule has 9 nitrogen and oxygen atoms in total. The summed E-state index contributed by atoms with van der Waals surface area (Å²) < 4.78 is 35.1. The third-order valence-electron chi connectivity index (χ3n) is 6.72. The van der Waals surface area contributed by atoms with Gasteiger partial charge in [-0.15, -0.1) is 0 Å². The van der Waals surface area contributed by atoms with Crippen LogP contribution in [0.5, 0.6) is 0 Å². The highest BCUT2D eigenvalue weighted by Crippen LogP contribution is 2.31. The first-order chi connectivity index (χ1) is 19.8. The molecule has 0 saturated heterocycles. The molecule has 4 aromatic rings. The van der Waals surface area contributed by atoms with E-state index in [0.717, 1.165) is 17.5 Å². The highest BCUT2D eigenvalue weighted by atomic mass is 35.5. The molecule has 0 aliphatic carbocycles. The Balaban J connectivity index is 1.49. The number of hydrogen-bond donors (Lipinski definition) is 4. The lowest BCUT2D eigenvalue weighted by Gasteiger charge is -2.12. The number of aromatic amines is 1. The third-order valence-corrected chi connectivity index (χ3v) is 7.00. The molecule has 6 N–H and O–H groups in total. The van der Waals surface area contributed by atoms with E-state index >= 15 is 4.39 Å². The number of aliphatic imine (C=N–C) groups is 1. The first-order valence-electron chi connectivity index (χ1n) is 13.4. The zero-order chi connectivity index (χ0) is 29.4. The highest BCUT2D eigenvalue weighted by molar-refractivity contribution is 6.31. The number of nitrogens with two attached hydrogens (primary N) is 2. The maximum Gasteiger partial charge on any atom is 0.354 e. The summed E-state index contributed by atoms with van der Waals surface area (Å²) in [6.07, 6.45) is 4.35. The molecule has 0 fully saturated rings. The van der Waals surface area contributed by atoms with E-state index in [0.29, 0.717) is 61.4 Å². The predicted molar refractivity (Wildman–Crippen MR) is 159 cm³/mol. The number of guanidine groups is 1. The molecule has 41 heavy (non-hydrogen) atoms. The first kappa shape index (κ1) is 30.2. The molecule has 0 radical (unpaired) electrons. The highest BCUT2D eigenvalue weighted by Gasteiger charge is 2.16. The van der Waals surface area contributed by atoms with E-state index in [1.165, 1.54) is 4.57 Å². The van der Waals surface area contributed by atoms with Gasteiger partial charge in [-0.1, -0.05) is 23.7 Å². The average molecular weight is 586 g/mol. The Morgan fingerprint density at radius 3 is 2.68 bits per heavy atom. The van der Waals surface area contributed by atoms with Crippen molar-refractivity contribution in [2.75, 3.05) is 26.9 Å². The number of rotatable bonds is 14. The van der Waals surface area contributed by atoms with Crippen molar-refractivity contribution in [3.8, 4) is 16.9 Å². The number of ether oxygens (including phenoxy) is 1. The van der Waals surface area contributed by atoms with Crippen LogP contribution in [0.3, 0.4) is 0 Å². The molecule has 2 heterocycles. The summed E-state index contributed by atoms with van der Waals surface area (Å²) in [5.74, 6) is -0.505. The maximum absolute atomic E-state index is 15.1. The lowest BCUT2D eigenvalue weighted by atomic mass is 10.0. The van der Waals surface area contributed by atoms with Crippen molar-refractivity contribution in [3.63, 3.8) is 0 Å². The van der Waals surface area contributed by atoms with Crippen molar-refractivity contribution in [1.82, 2.24) is 19.9 Å². The van der Waals surface area contributed by atoms with Crippen LogP contribution in [0.25, 0.3) is 28.0 Å². The first-order valence-corrected chi connectivity index (χ1v) is 13.7. The number of benzene rings is 2. The molecule has 218 valence electrons. The van der Waals surface area contributed by atoms with Crippen molar-refractivity contribution in [1.29, 1.82) is 0 Å². The normalized spacial score (nSPS) is 12.1. The van der Waals surface area contributed by atoms with Gasteiger partial charge in [-0.3, -0.25) is 9.56 Å². The Kier molecular flexibility index (Phi) is 10.4. The van der Waals surface area contributed by atoms with Crippen molar-refractivity contribution in [3.05, 3.63) is 81.1 Å². The van der Waals surface area contributed by atoms with Crippen molar-refractivity contribution >= 4 is 28.6 Å². The fourth-order valence-electron chi connectivity index (χ4n) is 4.48. The molecular weight excluding hydrogens is 552 g/mol. The van der Waals surface area contributed by atoms with Gasteiger partial charge in [-0.05, 0) is 74.2 Å². The van der Waals surface area contributed by atoms with E-state index in [9.17, 15) is 9.18 Å². The lowest BCUT2D eigenvalue weighted by Crippen LogP contribution is -2.27. The Hall–Kier alpha value is -3.80. The van der Waals surface area contributed by atoms with E-state index in [1.807, 2.05) is 24.3 Å². The molecular formula is C29H34ClF2N7O2. The van der Waals surface area contributed by atoms with E-state index < -0.39 is 18.2 Å². The number of aryl methyl sites for hydroxylation is 1. The Labute approximate surface area is 241 Å². The van der Waals surface area contributed by atoms with Gasteiger partial charge in [0, 0.05) is 36.3 Å². The summed E-state index contributed by atoms with van der Waals surface area (Å²) in [4.78, 5) is 24.0. The van der Waals surface area contributed by atoms with Gasteiger partial charge in [-0.25, -0.2) is 13.6 Å². The summed E-state index contributed by atoms with van der Waals surface area (Å²) >= 11 is 6.22. The van der Waals surface area contributed by atoms with Crippen LogP contribution in [-0.4, -0.2) is 53.4 Å². The molecule has 0 spiro atoms. The number of hydrogen-bond acceptors (Lipinski definition) is 5. The van der Waals surface area contributed by atoms with Crippen LogP contribution < -0.4 is 22.5 Å². The summed E-state index contributed by atoms with van der Waals surface area (Å²) in [5, 5.41) is 3.57. The smallest absolute Gasteiger partial charge is 0.354 e. The standard InChI is InChI=1S/C29H34ClF2N7O2/c1-35-21(15-31)5-2-4-19-12-23(26(32)24(30)13-19)25-14-20-16-39(29(40)38-27(20)37-25)22-8-6-18(7-9-22)17-41-11-3-10-36-28(33)34/h6-9,12-14,16,21,35H,2-5,10-11,15,17H2,1H3,(H4,33,34,36)(H,37,38,40). The number of aromatic nitrogens is 3. The lowest BCUT2D eigenvalue weighted by molar-refractivity contribution is 0.120. The molecule has 4 rings (SSSR count). The predicted octanol–water partition coefficient (Wildman–Crippen LogP) is 4.23.